The number of imidazole rings is 1. The van der Waals surface area contributed by atoms with Gasteiger partial charge in [0.1, 0.15) is 5.66 Å². The second-order valence-electron chi connectivity index (χ2n) is 7.44. The van der Waals surface area contributed by atoms with Gasteiger partial charge < -0.3 is 4.57 Å². The van der Waals surface area contributed by atoms with Crippen LogP contribution in [0, 0.1) is 0 Å². The molecule has 0 saturated carbocycles. The van der Waals surface area contributed by atoms with Crippen molar-refractivity contribution in [1.29, 1.82) is 0 Å². The lowest BCUT2D eigenvalue weighted by atomic mass is 9.87. The van der Waals surface area contributed by atoms with Crippen molar-refractivity contribution in [1.82, 2.24) is 14.5 Å². The first-order valence-corrected chi connectivity index (χ1v) is 9.57. The predicted molar refractivity (Wildman–Crippen MR) is 109 cm³/mol. The minimum atomic E-state index is -0.277. The van der Waals surface area contributed by atoms with E-state index < -0.39 is 0 Å². The highest BCUT2D eigenvalue weighted by atomic mass is 15.4. The lowest BCUT2D eigenvalue weighted by Gasteiger charge is -2.47. The summed E-state index contributed by atoms with van der Waals surface area (Å²) in [6.07, 6.45) is 3.08. The van der Waals surface area contributed by atoms with Crippen LogP contribution in [0.15, 0.2) is 85.2 Å². The van der Waals surface area contributed by atoms with Crippen LogP contribution < -0.4 is 0 Å². The Balaban J connectivity index is 1.70. The molecule has 3 aromatic carbocycles. The number of nitrogens with zero attached hydrogens (tertiary/aromatic N) is 3. The molecule has 0 saturated heterocycles. The van der Waals surface area contributed by atoms with E-state index in [-0.39, 0.29) is 5.66 Å². The van der Waals surface area contributed by atoms with Gasteiger partial charge in [-0.05, 0) is 42.2 Å². The number of aromatic nitrogens is 2. The second-order valence-corrected chi connectivity index (χ2v) is 7.44. The quantitative estimate of drug-likeness (QED) is 0.527. The highest BCUT2D eigenvalue weighted by Crippen LogP contribution is 2.39. The van der Waals surface area contributed by atoms with Crippen LogP contribution in [-0.2, 0) is 18.6 Å². The van der Waals surface area contributed by atoms with E-state index in [1.165, 1.54) is 22.2 Å². The van der Waals surface area contributed by atoms with Crippen molar-refractivity contribution in [2.75, 3.05) is 6.54 Å². The Kier molecular flexibility index (Phi) is 3.83. The van der Waals surface area contributed by atoms with Crippen LogP contribution in [0.2, 0.25) is 0 Å². The van der Waals surface area contributed by atoms with Crippen LogP contribution in [0.3, 0.4) is 0 Å². The molecule has 27 heavy (non-hydrogen) atoms. The van der Waals surface area contributed by atoms with Gasteiger partial charge in [-0.3, -0.25) is 4.90 Å². The molecule has 0 amide bonds. The summed E-state index contributed by atoms with van der Waals surface area (Å²) in [4.78, 5) is 7.27. The maximum absolute atomic E-state index is 4.69. The van der Waals surface area contributed by atoms with Gasteiger partial charge >= 0.3 is 0 Å². The molecule has 0 radical (unpaired) electrons. The summed E-state index contributed by atoms with van der Waals surface area (Å²) in [6, 6.07) is 28.0. The van der Waals surface area contributed by atoms with Crippen LogP contribution in [0.1, 0.15) is 23.6 Å². The zero-order valence-corrected chi connectivity index (χ0v) is 15.5. The van der Waals surface area contributed by atoms with Crippen molar-refractivity contribution in [3.63, 3.8) is 0 Å². The van der Waals surface area contributed by atoms with Gasteiger partial charge in [-0.15, -0.1) is 0 Å². The third-order valence-electron chi connectivity index (χ3n) is 5.93. The molecule has 1 aliphatic heterocycles. The summed E-state index contributed by atoms with van der Waals surface area (Å²) in [5, 5.41) is 0. The minimum Gasteiger partial charge on any atom is -0.307 e. The highest BCUT2D eigenvalue weighted by Gasteiger charge is 2.40. The van der Waals surface area contributed by atoms with E-state index in [9.17, 15) is 0 Å². The lowest BCUT2D eigenvalue weighted by Crippen LogP contribution is -2.52. The summed E-state index contributed by atoms with van der Waals surface area (Å²) in [5.74, 6) is 0. The number of benzene rings is 3. The normalized spacial score (nSPS) is 19.9. The summed E-state index contributed by atoms with van der Waals surface area (Å²) >= 11 is 0. The molecular formula is C24H23N3. The smallest absolute Gasteiger partial charge is 0.123 e. The van der Waals surface area contributed by atoms with E-state index >= 15 is 0 Å². The maximum atomic E-state index is 4.69. The van der Waals surface area contributed by atoms with E-state index in [1.54, 1.807) is 0 Å². The van der Waals surface area contributed by atoms with Crippen LogP contribution in [-0.4, -0.2) is 21.0 Å². The monoisotopic (exact) mass is 353 g/mol. The molecule has 3 nitrogen and oxygen atoms in total. The minimum absolute atomic E-state index is 0.277. The number of rotatable bonds is 3. The first kappa shape index (κ1) is 16.3. The fourth-order valence-corrected chi connectivity index (χ4v) is 4.47. The van der Waals surface area contributed by atoms with Crippen molar-refractivity contribution >= 4 is 11.0 Å². The van der Waals surface area contributed by atoms with Crippen molar-refractivity contribution in [3.8, 4) is 0 Å². The second kappa shape index (κ2) is 6.36. The first-order chi connectivity index (χ1) is 13.3. The Labute approximate surface area is 159 Å². The lowest BCUT2D eigenvalue weighted by molar-refractivity contribution is 0.0570. The van der Waals surface area contributed by atoms with Gasteiger partial charge in [0, 0.05) is 13.1 Å². The molecule has 0 fully saturated rings. The third kappa shape index (κ3) is 2.58. The number of para-hydroxylation sites is 2. The largest absolute Gasteiger partial charge is 0.307 e. The van der Waals surface area contributed by atoms with Crippen molar-refractivity contribution < 1.29 is 0 Å². The van der Waals surface area contributed by atoms with Crippen LogP contribution in [0.25, 0.3) is 11.0 Å². The molecule has 0 N–H and O–H groups in total. The van der Waals surface area contributed by atoms with Crippen molar-refractivity contribution in [3.05, 3.63) is 102 Å². The molecule has 4 aromatic rings. The molecule has 0 aliphatic carbocycles. The molecule has 1 atom stereocenters. The van der Waals surface area contributed by atoms with E-state index in [0.29, 0.717) is 0 Å². The van der Waals surface area contributed by atoms with E-state index in [4.69, 9.17) is 0 Å². The molecular weight excluding hydrogens is 330 g/mol. The molecule has 2 heterocycles. The summed E-state index contributed by atoms with van der Waals surface area (Å²) in [5.41, 5.74) is 6.09. The van der Waals surface area contributed by atoms with Gasteiger partial charge in [-0.25, -0.2) is 4.98 Å². The number of hydrogen-bond acceptors (Lipinski definition) is 2. The summed E-state index contributed by atoms with van der Waals surface area (Å²) in [6.45, 7) is 4.27. The van der Waals surface area contributed by atoms with Crippen LogP contribution in [0.4, 0.5) is 0 Å². The summed E-state index contributed by atoms with van der Waals surface area (Å²) < 4.78 is 2.35. The average molecular weight is 353 g/mol. The van der Waals surface area contributed by atoms with Gasteiger partial charge in [0.25, 0.3) is 0 Å². The van der Waals surface area contributed by atoms with Gasteiger partial charge in [0.15, 0.2) is 0 Å². The predicted octanol–water partition coefficient (Wildman–Crippen LogP) is 4.82. The van der Waals surface area contributed by atoms with Crippen molar-refractivity contribution in [2.24, 2.45) is 0 Å². The molecule has 1 aromatic heterocycles. The van der Waals surface area contributed by atoms with Gasteiger partial charge in [0.05, 0.1) is 17.4 Å². The Bertz CT molecular complexity index is 1080. The molecule has 1 unspecified atom stereocenters. The van der Waals surface area contributed by atoms with Crippen molar-refractivity contribution in [2.45, 2.75) is 25.6 Å². The Hall–Kier alpha value is -2.91. The Morgan fingerprint density at radius 3 is 2.52 bits per heavy atom. The van der Waals surface area contributed by atoms with Crippen LogP contribution in [0.5, 0.6) is 0 Å². The van der Waals surface area contributed by atoms with Gasteiger partial charge in [0.2, 0.25) is 0 Å². The molecule has 134 valence electrons. The molecule has 3 heteroatoms. The maximum Gasteiger partial charge on any atom is 0.123 e. The SMILES string of the molecule is CC1(n2cnc3ccccc32)c2ccccc2CCN1Cc1ccccc1. The standard InChI is InChI=1S/C24H23N3/c1-24(27-18-25-22-13-7-8-14-23(22)27)21-12-6-5-11-20(21)15-16-26(24)17-19-9-3-2-4-10-19/h2-14,18H,15-17H2,1H3. The molecule has 1 aliphatic rings. The number of hydrogen-bond donors (Lipinski definition) is 0. The van der Waals surface area contributed by atoms with Crippen LogP contribution >= 0.6 is 0 Å². The fraction of sp³-hybridized carbons (Fsp3) is 0.208. The highest BCUT2D eigenvalue weighted by molar-refractivity contribution is 5.75. The van der Waals surface area contributed by atoms with E-state index in [2.05, 4.69) is 100 Å². The summed E-state index contributed by atoms with van der Waals surface area (Å²) in [7, 11) is 0. The molecule has 0 bridgehead atoms. The zero-order chi connectivity index (χ0) is 18.3. The van der Waals surface area contributed by atoms with Gasteiger partial charge in [-0.1, -0.05) is 66.7 Å². The number of fused-ring (bicyclic) bond motifs is 2. The Morgan fingerprint density at radius 1 is 0.889 bits per heavy atom. The fourth-order valence-electron chi connectivity index (χ4n) is 4.47. The van der Waals surface area contributed by atoms with E-state index in [0.717, 1.165) is 25.0 Å². The third-order valence-corrected chi connectivity index (χ3v) is 5.93. The van der Waals surface area contributed by atoms with Gasteiger partial charge in [-0.2, -0.15) is 0 Å². The van der Waals surface area contributed by atoms with E-state index in [1.807, 2.05) is 6.33 Å². The molecule has 0 spiro atoms. The topological polar surface area (TPSA) is 21.1 Å². The average Bonchev–Trinajstić information content (AvgIpc) is 3.16. The zero-order valence-electron chi connectivity index (χ0n) is 15.5. The molecule has 5 rings (SSSR count). The Morgan fingerprint density at radius 2 is 1.63 bits per heavy atom. The first-order valence-electron chi connectivity index (χ1n) is 9.57.